The molecule has 1 unspecified atom stereocenters. The minimum absolute atomic E-state index is 0.480. The summed E-state index contributed by atoms with van der Waals surface area (Å²) in [5.74, 6) is 0.599. The van der Waals surface area contributed by atoms with Crippen LogP contribution in [0, 0.1) is 0 Å². The predicted octanol–water partition coefficient (Wildman–Crippen LogP) is 5.21. The lowest BCUT2D eigenvalue weighted by Gasteiger charge is -2.10. The molecule has 0 aliphatic heterocycles. The number of benzene rings is 1. The standard InChI is InChI=1S/C17H23NS/c1-5-15(18-4)17-11-10-16(19-17)14-8-6-13(7-9-14)12(2)3/h6-12,15,18H,5H2,1-4H3. The minimum atomic E-state index is 0.480. The summed E-state index contributed by atoms with van der Waals surface area (Å²) in [5.41, 5.74) is 2.73. The second-order valence-electron chi connectivity index (χ2n) is 5.23. The Kier molecular flexibility index (Phi) is 4.78. The van der Waals surface area contributed by atoms with Gasteiger partial charge in [-0.1, -0.05) is 45.0 Å². The Morgan fingerprint density at radius 3 is 2.26 bits per heavy atom. The second-order valence-corrected chi connectivity index (χ2v) is 6.34. The Labute approximate surface area is 120 Å². The quantitative estimate of drug-likeness (QED) is 0.788. The van der Waals surface area contributed by atoms with Gasteiger partial charge >= 0.3 is 0 Å². The van der Waals surface area contributed by atoms with E-state index in [2.05, 4.69) is 62.5 Å². The summed E-state index contributed by atoms with van der Waals surface area (Å²) in [6.45, 7) is 6.69. The molecule has 0 saturated carbocycles. The molecule has 2 aromatic rings. The highest BCUT2D eigenvalue weighted by atomic mass is 32.1. The van der Waals surface area contributed by atoms with Gasteiger partial charge in [-0.3, -0.25) is 0 Å². The topological polar surface area (TPSA) is 12.0 Å². The average molecular weight is 273 g/mol. The molecule has 0 aliphatic rings. The molecule has 2 heteroatoms. The summed E-state index contributed by atoms with van der Waals surface area (Å²) in [6.07, 6.45) is 1.13. The zero-order valence-electron chi connectivity index (χ0n) is 12.2. The fourth-order valence-corrected chi connectivity index (χ4v) is 3.48. The van der Waals surface area contributed by atoms with Gasteiger partial charge in [-0.2, -0.15) is 0 Å². The molecule has 0 amide bonds. The lowest BCUT2D eigenvalue weighted by atomic mass is 10.0. The monoisotopic (exact) mass is 273 g/mol. The van der Waals surface area contributed by atoms with Crippen molar-refractivity contribution >= 4 is 11.3 Å². The SMILES string of the molecule is CCC(NC)c1ccc(-c2ccc(C(C)C)cc2)s1. The van der Waals surface area contributed by atoms with Crippen molar-refractivity contribution < 1.29 is 0 Å². The maximum Gasteiger partial charge on any atom is 0.0409 e. The van der Waals surface area contributed by atoms with E-state index in [0.717, 1.165) is 6.42 Å². The summed E-state index contributed by atoms with van der Waals surface area (Å²) in [4.78, 5) is 2.78. The Morgan fingerprint density at radius 2 is 1.74 bits per heavy atom. The van der Waals surface area contributed by atoms with Crippen LogP contribution >= 0.6 is 11.3 Å². The van der Waals surface area contributed by atoms with Gasteiger partial charge < -0.3 is 5.32 Å². The van der Waals surface area contributed by atoms with Crippen molar-refractivity contribution in [3.8, 4) is 10.4 Å². The molecule has 0 saturated heterocycles. The Bertz CT molecular complexity index is 506. The fraction of sp³-hybridized carbons (Fsp3) is 0.412. The molecule has 1 heterocycles. The third-order valence-electron chi connectivity index (χ3n) is 3.59. The first-order chi connectivity index (χ1) is 9.15. The molecule has 19 heavy (non-hydrogen) atoms. The number of hydrogen-bond acceptors (Lipinski definition) is 2. The fourth-order valence-electron chi connectivity index (χ4n) is 2.28. The number of hydrogen-bond donors (Lipinski definition) is 1. The lowest BCUT2D eigenvalue weighted by molar-refractivity contribution is 0.586. The molecule has 1 nitrogen and oxygen atoms in total. The largest absolute Gasteiger partial charge is 0.312 e. The van der Waals surface area contributed by atoms with Gasteiger partial charge in [0.15, 0.2) is 0 Å². The van der Waals surface area contributed by atoms with Crippen molar-refractivity contribution in [2.24, 2.45) is 0 Å². The molecule has 1 aromatic heterocycles. The number of thiophene rings is 1. The van der Waals surface area contributed by atoms with Crippen molar-refractivity contribution in [1.29, 1.82) is 0 Å². The Morgan fingerprint density at radius 1 is 1.05 bits per heavy atom. The van der Waals surface area contributed by atoms with Gasteiger partial charge in [-0.15, -0.1) is 11.3 Å². The first-order valence-corrected chi connectivity index (χ1v) is 7.84. The summed E-state index contributed by atoms with van der Waals surface area (Å²) in [6, 6.07) is 13.9. The molecular weight excluding hydrogens is 250 g/mol. The van der Waals surface area contributed by atoms with Crippen LogP contribution in [0.4, 0.5) is 0 Å². The van der Waals surface area contributed by atoms with Gasteiger partial charge in [0, 0.05) is 15.8 Å². The average Bonchev–Trinajstić information content (AvgIpc) is 2.90. The maximum absolute atomic E-state index is 3.37. The predicted molar refractivity (Wildman–Crippen MR) is 85.9 cm³/mol. The Hall–Kier alpha value is -1.12. The van der Waals surface area contributed by atoms with E-state index in [1.54, 1.807) is 0 Å². The van der Waals surface area contributed by atoms with Gasteiger partial charge in [-0.25, -0.2) is 0 Å². The summed E-state index contributed by atoms with van der Waals surface area (Å²) in [7, 11) is 2.03. The zero-order chi connectivity index (χ0) is 13.8. The molecular formula is C17H23NS. The number of nitrogens with one attached hydrogen (secondary N) is 1. The first kappa shape index (κ1) is 14.3. The molecule has 1 atom stereocenters. The van der Waals surface area contributed by atoms with Gasteiger partial charge in [0.25, 0.3) is 0 Å². The third-order valence-corrected chi connectivity index (χ3v) is 4.84. The van der Waals surface area contributed by atoms with E-state index in [1.165, 1.54) is 20.9 Å². The number of rotatable bonds is 5. The highest BCUT2D eigenvalue weighted by Gasteiger charge is 2.10. The summed E-state index contributed by atoms with van der Waals surface area (Å²) >= 11 is 1.89. The van der Waals surface area contributed by atoms with Crippen LogP contribution in [0.2, 0.25) is 0 Å². The highest BCUT2D eigenvalue weighted by Crippen LogP contribution is 2.33. The van der Waals surface area contributed by atoms with E-state index in [1.807, 2.05) is 18.4 Å². The van der Waals surface area contributed by atoms with Crippen LogP contribution in [0.15, 0.2) is 36.4 Å². The van der Waals surface area contributed by atoms with E-state index in [-0.39, 0.29) is 0 Å². The first-order valence-electron chi connectivity index (χ1n) is 7.03. The van der Waals surface area contributed by atoms with E-state index >= 15 is 0 Å². The Balaban J connectivity index is 2.22. The molecule has 0 aliphatic carbocycles. The van der Waals surface area contributed by atoms with E-state index in [4.69, 9.17) is 0 Å². The van der Waals surface area contributed by atoms with Crippen molar-refractivity contribution in [3.05, 3.63) is 46.8 Å². The van der Waals surface area contributed by atoms with Crippen LogP contribution in [0.25, 0.3) is 10.4 Å². The zero-order valence-corrected chi connectivity index (χ0v) is 13.1. The van der Waals surface area contributed by atoms with E-state index in [9.17, 15) is 0 Å². The summed E-state index contributed by atoms with van der Waals surface area (Å²) in [5, 5.41) is 3.37. The van der Waals surface area contributed by atoms with Gasteiger partial charge in [0.05, 0.1) is 0 Å². The molecule has 0 radical (unpaired) electrons. The van der Waals surface area contributed by atoms with Gasteiger partial charge in [0.2, 0.25) is 0 Å². The van der Waals surface area contributed by atoms with Crippen molar-refractivity contribution in [1.82, 2.24) is 5.32 Å². The normalized spacial score (nSPS) is 12.9. The maximum atomic E-state index is 3.37. The summed E-state index contributed by atoms with van der Waals surface area (Å²) < 4.78 is 0. The van der Waals surface area contributed by atoms with Crippen LogP contribution < -0.4 is 5.32 Å². The van der Waals surface area contributed by atoms with Crippen molar-refractivity contribution in [3.63, 3.8) is 0 Å². The highest BCUT2D eigenvalue weighted by molar-refractivity contribution is 7.15. The minimum Gasteiger partial charge on any atom is -0.312 e. The van der Waals surface area contributed by atoms with E-state index < -0.39 is 0 Å². The van der Waals surface area contributed by atoms with Crippen LogP contribution in [0.5, 0.6) is 0 Å². The van der Waals surface area contributed by atoms with Crippen LogP contribution in [-0.4, -0.2) is 7.05 Å². The second kappa shape index (κ2) is 6.36. The van der Waals surface area contributed by atoms with Crippen LogP contribution in [0.1, 0.15) is 49.6 Å². The van der Waals surface area contributed by atoms with Crippen molar-refractivity contribution in [2.45, 2.75) is 39.2 Å². The molecule has 0 fully saturated rings. The smallest absolute Gasteiger partial charge is 0.0409 e. The van der Waals surface area contributed by atoms with Gasteiger partial charge in [0.1, 0.15) is 0 Å². The molecule has 102 valence electrons. The van der Waals surface area contributed by atoms with Crippen LogP contribution in [0.3, 0.4) is 0 Å². The lowest BCUT2D eigenvalue weighted by Crippen LogP contribution is -2.13. The van der Waals surface area contributed by atoms with Gasteiger partial charge in [-0.05, 0) is 42.6 Å². The van der Waals surface area contributed by atoms with E-state index in [0.29, 0.717) is 12.0 Å². The van der Waals surface area contributed by atoms with Crippen molar-refractivity contribution in [2.75, 3.05) is 7.05 Å². The molecule has 1 aromatic carbocycles. The molecule has 2 rings (SSSR count). The molecule has 0 bridgehead atoms. The third kappa shape index (κ3) is 3.26. The molecule has 0 spiro atoms. The van der Waals surface area contributed by atoms with Crippen LogP contribution in [-0.2, 0) is 0 Å². The molecule has 1 N–H and O–H groups in total.